The average molecular weight is 246 g/mol. The van der Waals surface area contributed by atoms with E-state index in [2.05, 4.69) is 11.4 Å². The van der Waals surface area contributed by atoms with Crippen LogP contribution in [0.3, 0.4) is 0 Å². The molecule has 0 bridgehead atoms. The summed E-state index contributed by atoms with van der Waals surface area (Å²) < 4.78 is 5.27. The van der Waals surface area contributed by atoms with E-state index in [4.69, 9.17) is 10.00 Å². The lowest BCUT2D eigenvalue weighted by molar-refractivity contribution is 0.0578. The minimum Gasteiger partial charge on any atom is -0.495 e. The summed E-state index contributed by atoms with van der Waals surface area (Å²) >= 11 is 0. The second kappa shape index (κ2) is 4.87. The van der Waals surface area contributed by atoms with Gasteiger partial charge in [-0.1, -0.05) is 6.07 Å². The van der Waals surface area contributed by atoms with Crippen molar-refractivity contribution < 1.29 is 9.84 Å². The van der Waals surface area contributed by atoms with Crippen LogP contribution in [0.1, 0.15) is 31.7 Å². The predicted octanol–water partition coefficient (Wildman–Crippen LogP) is 2.28. The van der Waals surface area contributed by atoms with Gasteiger partial charge in [-0.2, -0.15) is 5.26 Å². The monoisotopic (exact) mass is 246 g/mol. The molecule has 0 spiro atoms. The summed E-state index contributed by atoms with van der Waals surface area (Å²) in [7, 11) is 1.58. The number of methoxy groups -OCH3 is 1. The number of hydrogen-bond acceptors (Lipinski definition) is 4. The number of rotatable bonds is 3. The van der Waals surface area contributed by atoms with Crippen molar-refractivity contribution in [2.45, 2.75) is 37.8 Å². The van der Waals surface area contributed by atoms with Gasteiger partial charge in [0.05, 0.1) is 30.0 Å². The maximum absolute atomic E-state index is 10.3. The third kappa shape index (κ3) is 2.27. The van der Waals surface area contributed by atoms with Gasteiger partial charge >= 0.3 is 0 Å². The van der Waals surface area contributed by atoms with Crippen molar-refractivity contribution in [1.29, 1.82) is 5.26 Å². The van der Waals surface area contributed by atoms with Crippen LogP contribution in [-0.2, 0) is 0 Å². The van der Waals surface area contributed by atoms with E-state index < -0.39 is 5.60 Å². The third-order valence-electron chi connectivity index (χ3n) is 3.61. The van der Waals surface area contributed by atoms with Crippen molar-refractivity contribution in [3.8, 4) is 11.8 Å². The topological polar surface area (TPSA) is 65.3 Å². The molecule has 1 saturated carbocycles. The summed E-state index contributed by atoms with van der Waals surface area (Å²) in [5.41, 5.74) is 0.486. The van der Waals surface area contributed by atoms with Gasteiger partial charge in [-0.05, 0) is 38.3 Å². The molecule has 2 N–H and O–H groups in total. The number of ether oxygens (including phenoxy) is 1. The molecule has 2 unspecified atom stereocenters. The molecule has 2 atom stereocenters. The highest BCUT2D eigenvalue weighted by atomic mass is 16.5. The van der Waals surface area contributed by atoms with E-state index in [0.29, 0.717) is 17.0 Å². The Labute approximate surface area is 107 Å². The van der Waals surface area contributed by atoms with Crippen LogP contribution >= 0.6 is 0 Å². The SMILES string of the molecule is COc1cccc(C#N)c1NC1CCCC1(C)O. The van der Waals surface area contributed by atoms with Crippen LogP contribution in [0, 0.1) is 11.3 Å². The Morgan fingerprint density at radius 3 is 2.89 bits per heavy atom. The number of anilines is 1. The first-order valence-electron chi connectivity index (χ1n) is 6.14. The van der Waals surface area contributed by atoms with Crippen LogP contribution in [0.15, 0.2) is 18.2 Å². The highest BCUT2D eigenvalue weighted by molar-refractivity contribution is 5.67. The molecule has 0 heterocycles. The lowest BCUT2D eigenvalue weighted by Gasteiger charge is -2.28. The number of aliphatic hydroxyl groups is 1. The largest absolute Gasteiger partial charge is 0.495 e. The maximum atomic E-state index is 10.3. The van der Waals surface area contributed by atoms with Crippen LogP contribution in [0.4, 0.5) is 5.69 Å². The van der Waals surface area contributed by atoms with Crippen molar-refractivity contribution in [1.82, 2.24) is 0 Å². The molecule has 4 heteroatoms. The molecule has 1 fully saturated rings. The Kier molecular flexibility index (Phi) is 3.44. The fraction of sp³-hybridized carbons (Fsp3) is 0.500. The molecule has 0 radical (unpaired) electrons. The highest BCUT2D eigenvalue weighted by Crippen LogP contribution is 2.35. The third-order valence-corrected chi connectivity index (χ3v) is 3.61. The van der Waals surface area contributed by atoms with E-state index in [1.165, 1.54) is 0 Å². The van der Waals surface area contributed by atoms with Crippen LogP contribution in [0.5, 0.6) is 5.75 Å². The predicted molar refractivity (Wildman–Crippen MR) is 69.6 cm³/mol. The van der Waals surface area contributed by atoms with Crippen LogP contribution in [0.25, 0.3) is 0 Å². The van der Waals surface area contributed by atoms with Gasteiger partial charge in [0.25, 0.3) is 0 Å². The number of benzene rings is 1. The molecule has 4 nitrogen and oxygen atoms in total. The van der Waals surface area contributed by atoms with E-state index in [-0.39, 0.29) is 6.04 Å². The zero-order chi connectivity index (χ0) is 13.2. The Balaban J connectivity index is 2.31. The van der Waals surface area contributed by atoms with Gasteiger partial charge in [0.15, 0.2) is 0 Å². The van der Waals surface area contributed by atoms with Crippen molar-refractivity contribution >= 4 is 5.69 Å². The van der Waals surface area contributed by atoms with Gasteiger partial charge in [-0.15, -0.1) is 0 Å². The molecule has 1 aliphatic carbocycles. The van der Waals surface area contributed by atoms with Gasteiger partial charge in [-0.3, -0.25) is 0 Å². The van der Waals surface area contributed by atoms with Crippen molar-refractivity contribution in [3.63, 3.8) is 0 Å². The first-order chi connectivity index (χ1) is 8.58. The number of nitrogens with one attached hydrogen (secondary N) is 1. The van der Waals surface area contributed by atoms with Crippen LogP contribution in [0.2, 0.25) is 0 Å². The van der Waals surface area contributed by atoms with E-state index >= 15 is 0 Å². The minimum absolute atomic E-state index is 0.0408. The normalized spacial score (nSPS) is 26.7. The number of nitriles is 1. The number of hydrogen-bond donors (Lipinski definition) is 2. The standard InChI is InChI=1S/C14H18N2O2/c1-14(17)8-4-7-12(14)16-13-10(9-15)5-3-6-11(13)18-2/h3,5-6,12,16-17H,4,7-8H2,1-2H3. The minimum atomic E-state index is -0.729. The van der Waals surface area contributed by atoms with Gasteiger partial charge in [-0.25, -0.2) is 0 Å². The Morgan fingerprint density at radius 1 is 1.56 bits per heavy atom. The molecule has 1 aliphatic rings. The molecule has 0 aromatic heterocycles. The smallest absolute Gasteiger partial charge is 0.143 e. The summed E-state index contributed by atoms with van der Waals surface area (Å²) in [4.78, 5) is 0. The Morgan fingerprint density at radius 2 is 2.33 bits per heavy atom. The molecule has 1 aromatic carbocycles. The summed E-state index contributed by atoms with van der Waals surface area (Å²) in [5.74, 6) is 0.636. The summed E-state index contributed by atoms with van der Waals surface area (Å²) in [6.45, 7) is 1.83. The van der Waals surface area contributed by atoms with E-state index in [0.717, 1.165) is 19.3 Å². The fourth-order valence-electron chi connectivity index (χ4n) is 2.49. The quantitative estimate of drug-likeness (QED) is 0.858. The summed E-state index contributed by atoms with van der Waals surface area (Å²) in [6.07, 6.45) is 2.67. The molecule has 0 saturated heterocycles. The summed E-state index contributed by atoms with van der Waals surface area (Å²) in [6, 6.07) is 7.45. The fourth-order valence-corrected chi connectivity index (χ4v) is 2.49. The molecule has 18 heavy (non-hydrogen) atoms. The maximum Gasteiger partial charge on any atom is 0.143 e. The summed E-state index contributed by atoms with van der Waals surface area (Å²) in [5, 5.41) is 22.7. The van der Waals surface area contributed by atoms with Gasteiger partial charge in [0.2, 0.25) is 0 Å². The second-order valence-electron chi connectivity index (χ2n) is 4.94. The van der Waals surface area contributed by atoms with E-state index in [9.17, 15) is 5.11 Å². The van der Waals surface area contributed by atoms with Crippen molar-refractivity contribution in [2.75, 3.05) is 12.4 Å². The van der Waals surface area contributed by atoms with E-state index in [1.807, 2.05) is 13.0 Å². The van der Waals surface area contributed by atoms with Crippen molar-refractivity contribution in [2.24, 2.45) is 0 Å². The molecular formula is C14H18N2O2. The van der Waals surface area contributed by atoms with Crippen LogP contribution < -0.4 is 10.1 Å². The molecule has 96 valence electrons. The lowest BCUT2D eigenvalue weighted by atomic mass is 9.99. The average Bonchev–Trinajstić information content (AvgIpc) is 2.69. The van der Waals surface area contributed by atoms with Gasteiger partial charge in [0, 0.05) is 0 Å². The first-order valence-corrected chi connectivity index (χ1v) is 6.14. The number of nitrogens with zero attached hydrogens (tertiary/aromatic N) is 1. The Bertz CT molecular complexity index is 477. The van der Waals surface area contributed by atoms with Gasteiger partial charge < -0.3 is 15.2 Å². The number of para-hydroxylation sites is 1. The van der Waals surface area contributed by atoms with E-state index in [1.54, 1.807) is 19.2 Å². The molecule has 2 rings (SSSR count). The van der Waals surface area contributed by atoms with Crippen LogP contribution in [-0.4, -0.2) is 23.9 Å². The highest BCUT2D eigenvalue weighted by Gasteiger charge is 2.37. The first kappa shape index (κ1) is 12.7. The molecule has 0 aliphatic heterocycles. The zero-order valence-electron chi connectivity index (χ0n) is 10.7. The van der Waals surface area contributed by atoms with Crippen molar-refractivity contribution in [3.05, 3.63) is 23.8 Å². The zero-order valence-corrected chi connectivity index (χ0v) is 10.7. The molecular weight excluding hydrogens is 228 g/mol. The second-order valence-corrected chi connectivity index (χ2v) is 4.94. The van der Waals surface area contributed by atoms with Gasteiger partial charge in [0.1, 0.15) is 11.8 Å². The molecule has 0 amide bonds. The lowest BCUT2D eigenvalue weighted by Crippen LogP contribution is -2.39. The Hall–Kier alpha value is -1.73. The molecule has 1 aromatic rings.